The number of ketones is 1. The SMILES string of the molecule is CC(C)C/C=C/[C@@H](C)CC(=O)CC(C)C. The van der Waals surface area contributed by atoms with Gasteiger partial charge in [-0.25, -0.2) is 0 Å². The molecule has 0 rings (SSSR count). The minimum absolute atomic E-state index is 0.395. The maximum Gasteiger partial charge on any atom is 0.133 e. The van der Waals surface area contributed by atoms with Crippen molar-refractivity contribution in [1.29, 1.82) is 0 Å². The molecule has 0 heterocycles. The summed E-state index contributed by atoms with van der Waals surface area (Å²) >= 11 is 0. The first kappa shape index (κ1) is 14.4. The van der Waals surface area contributed by atoms with Crippen LogP contribution in [0.25, 0.3) is 0 Å². The van der Waals surface area contributed by atoms with Gasteiger partial charge in [-0.05, 0) is 24.2 Å². The van der Waals surface area contributed by atoms with Crippen molar-refractivity contribution in [3.63, 3.8) is 0 Å². The van der Waals surface area contributed by atoms with Gasteiger partial charge in [-0.2, -0.15) is 0 Å². The lowest BCUT2D eigenvalue weighted by Gasteiger charge is -2.07. The maximum atomic E-state index is 11.5. The Morgan fingerprint density at radius 2 is 1.60 bits per heavy atom. The Hall–Kier alpha value is -0.590. The van der Waals surface area contributed by atoms with Crippen LogP contribution in [0.15, 0.2) is 12.2 Å². The fraction of sp³-hybridized carbons (Fsp3) is 0.786. The van der Waals surface area contributed by atoms with Gasteiger partial charge >= 0.3 is 0 Å². The van der Waals surface area contributed by atoms with Gasteiger partial charge in [-0.15, -0.1) is 0 Å². The van der Waals surface area contributed by atoms with Crippen LogP contribution >= 0.6 is 0 Å². The van der Waals surface area contributed by atoms with Crippen LogP contribution in [0.5, 0.6) is 0 Å². The summed E-state index contributed by atoms with van der Waals surface area (Å²) < 4.78 is 0. The molecule has 1 atom stereocenters. The number of hydrogen-bond donors (Lipinski definition) is 0. The minimum atomic E-state index is 0.395. The molecule has 0 fully saturated rings. The van der Waals surface area contributed by atoms with E-state index in [1.165, 1.54) is 0 Å². The number of carbonyl (C=O) groups excluding carboxylic acids is 1. The monoisotopic (exact) mass is 210 g/mol. The Morgan fingerprint density at radius 1 is 1.00 bits per heavy atom. The van der Waals surface area contributed by atoms with Gasteiger partial charge in [0.05, 0.1) is 0 Å². The highest BCUT2D eigenvalue weighted by Crippen LogP contribution is 2.11. The van der Waals surface area contributed by atoms with E-state index in [0.29, 0.717) is 30.0 Å². The molecule has 0 aromatic rings. The average molecular weight is 210 g/mol. The van der Waals surface area contributed by atoms with Crippen LogP contribution in [0.1, 0.15) is 53.9 Å². The van der Waals surface area contributed by atoms with Crippen molar-refractivity contribution in [3.8, 4) is 0 Å². The molecule has 0 aliphatic carbocycles. The summed E-state index contributed by atoms with van der Waals surface area (Å²) in [6.07, 6.45) is 6.92. The molecule has 0 saturated carbocycles. The van der Waals surface area contributed by atoms with Crippen molar-refractivity contribution in [1.82, 2.24) is 0 Å². The molecule has 88 valence electrons. The average Bonchev–Trinajstić information content (AvgIpc) is 2.00. The van der Waals surface area contributed by atoms with Gasteiger partial charge in [0.15, 0.2) is 0 Å². The third-order valence-electron chi connectivity index (χ3n) is 2.26. The molecule has 0 saturated heterocycles. The third-order valence-corrected chi connectivity index (χ3v) is 2.26. The van der Waals surface area contributed by atoms with Crippen LogP contribution in [0.4, 0.5) is 0 Å². The number of carbonyl (C=O) groups is 1. The number of hydrogen-bond acceptors (Lipinski definition) is 1. The molecule has 1 heteroatoms. The Kier molecular flexibility index (Phi) is 7.37. The van der Waals surface area contributed by atoms with E-state index in [1.807, 2.05) is 0 Å². The molecule has 0 N–H and O–H groups in total. The van der Waals surface area contributed by atoms with Crippen molar-refractivity contribution in [2.75, 3.05) is 0 Å². The normalized spacial score (nSPS) is 14.1. The molecule has 1 nitrogen and oxygen atoms in total. The Morgan fingerprint density at radius 3 is 2.07 bits per heavy atom. The molecular formula is C14H26O. The van der Waals surface area contributed by atoms with Gasteiger partial charge < -0.3 is 0 Å². The molecule has 0 amide bonds. The van der Waals surface area contributed by atoms with E-state index in [0.717, 1.165) is 12.8 Å². The first-order valence-electron chi connectivity index (χ1n) is 6.10. The van der Waals surface area contributed by atoms with Gasteiger partial charge in [0.25, 0.3) is 0 Å². The van der Waals surface area contributed by atoms with Crippen molar-refractivity contribution in [2.45, 2.75) is 53.9 Å². The topological polar surface area (TPSA) is 17.1 Å². The van der Waals surface area contributed by atoms with Crippen molar-refractivity contribution < 1.29 is 4.79 Å². The predicted molar refractivity (Wildman–Crippen MR) is 66.8 cm³/mol. The molecule has 0 aromatic carbocycles. The molecule has 0 aliphatic heterocycles. The van der Waals surface area contributed by atoms with Gasteiger partial charge in [0.1, 0.15) is 5.78 Å². The Balaban J connectivity index is 3.77. The van der Waals surface area contributed by atoms with E-state index in [4.69, 9.17) is 0 Å². The van der Waals surface area contributed by atoms with E-state index in [9.17, 15) is 4.79 Å². The Bertz CT molecular complexity index is 201. The lowest BCUT2D eigenvalue weighted by atomic mass is 9.97. The maximum absolute atomic E-state index is 11.5. The van der Waals surface area contributed by atoms with Crippen LogP contribution in [-0.4, -0.2) is 5.78 Å². The minimum Gasteiger partial charge on any atom is -0.300 e. The van der Waals surface area contributed by atoms with E-state index in [-0.39, 0.29) is 0 Å². The first-order chi connectivity index (χ1) is 6.91. The molecule has 0 unspecified atom stereocenters. The van der Waals surface area contributed by atoms with E-state index >= 15 is 0 Å². The second-order valence-electron chi connectivity index (χ2n) is 5.38. The van der Waals surface area contributed by atoms with E-state index in [1.54, 1.807) is 0 Å². The first-order valence-corrected chi connectivity index (χ1v) is 6.10. The molecule has 0 aromatic heterocycles. The van der Waals surface area contributed by atoms with Crippen molar-refractivity contribution >= 4 is 5.78 Å². The zero-order chi connectivity index (χ0) is 11.8. The Labute approximate surface area is 95.0 Å². The lowest BCUT2D eigenvalue weighted by molar-refractivity contribution is -0.120. The molecular weight excluding hydrogens is 184 g/mol. The standard InChI is InChI=1S/C14H26O/c1-11(2)7-6-8-13(5)10-14(15)9-12(3)4/h6,8,11-13H,7,9-10H2,1-5H3/b8-6+/t13-/m1/s1. The largest absolute Gasteiger partial charge is 0.300 e. The number of allylic oxidation sites excluding steroid dienone is 2. The molecule has 0 bridgehead atoms. The quantitative estimate of drug-likeness (QED) is 0.575. The molecule has 0 aliphatic rings. The fourth-order valence-electron chi connectivity index (χ4n) is 1.55. The van der Waals surface area contributed by atoms with E-state index < -0.39 is 0 Å². The van der Waals surface area contributed by atoms with Crippen LogP contribution in [0.2, 0.25) is 0 Å². The second kappa shape index (κ2) is 7.67. The second-order valence-corrected chi connectivity index (χ2v) is 5.38. The highest BCUT2D eigenvalue weighted by atomic mass is 16.1. The van der Waals surface area contributed by atoms with Crippen LogP contribution in [-0.2, 0) is 4.79 Å². The zero-order valence-corrected chi connectivity index (χ0v) is 10.9. The lowest BCUT2D eigenvalue weighted by Crippen LogP contribution is -2.06. The summed E-state index contributed by atoms with van der Waals surface area (Å²) in [6, 6.07) is 0. The molecule has 0 radical (unpaired) electrons. The fourth-order valence-corrected chi connectivity index (χ4v) is 1.55. The van der Waals surface area contributed by atoms with Gasteiger partial charge in [0, 0.05) is 12.8 Å². The van der Waals surface area contributed by atoms with E-state index in [2.05, 4.69) is 46.8 Å². The summed E-state index contributed by atoms with van der Waals surface area (Å²) in [5.74, 6) is 1.99. The number of rotatable bonds is 7. The summed E-state index contributed by atoms with van der Waals surface area (Å²) in [5.41, 5.74) is 0. The summed E-state index contributed by atoms with van der Waals surface area (Å²) in [7, 11) is 0. The zero-order valence-electron chi connectivity index (χ0n) is 10.9. The van der Waals surface area contributed by atoms with Crippen LogP contribution in [0.3, 0.4) is 0 Å². The molecule has 15 heavy (non-hydrogen) atoms. The summed E-state index contributed by atoms with van der Waals surface area (Å²) in [5, 5.41) is 0. The van der Waals surface area contributed by atoms with Gasteiger partial charge in [0.2, 0.25) is 0 Å². The summed E-state index contributed by atoms with van der Waals surface area (Å²) in [6.45, 7) is 10.7. The van der Waals surface area contributed by atoms with Gasteiger partial charge in [-0.1, -0.05) is 46.8 Å². The number of Topliss-reactive ketones (excluding diaryl/α,β-unsaturated/α-hetero) is 1. The van der Waals surface area contributed by atoms with Crippen LogP contribution < -0.4 is 0 Å². The smallest absolute Gasteiger partial charge is 0.133 e. The predicted octanol–water partition coefficient (Wildman–Crippen LogP) is 4.23. The highest BCUT2D eigenvalue weighted by Gasteiger charge is 2.08. The van der Waals surface area contributed by atoms with Gasteiger partial charge in [-0.3, -0.25) is 4.79 Å². The van der Waals surface area contributed by atoms with Crippen molar-refractivity contribution in [2.24, 2.45) is 17.8 Å². The van der Waals surface area contributed by atoms with Crippen molar-refractivity contribution in [3.05, 3.63) is 12.2 Å². The third kappa shape index (κ3) is 9.71. The molecule has 0 spiro atoms. The van der Waals surface area contributed by atoms with Crippen LogP contribution in [0, 0.1) is 17.8 Å². The highest BCUT2D eigenvalue weighted by molar-refractivity contribution is 5.78. The summed E-state index contributed by atoms with van der Waals surface area (Å²) in [4.78, 5) is 11.5.